The summed E-state index contributed by atoms with van der Waals surface area (Å²) in [5.74, 6) is 0.0609. The molecule has 3 aromatic rings. The third kappa shape index (κ3) is 3.44. The highest BCUT2D eigenvalue weighted by molar-refractivity contribution is 6.30. The maximum Gasteiger partial charge on any atom is 0.322 e. The lowest BCUT2D eigenvalue weighted by Gasteiger charge is -2.34. The number of nitrogens with one attached hydrogen (secondary N) is 1. The molecule has 0 spiro atoms. The molecule has 1 aliphatic heterocycles. The number of halogens is 1. The molecule has 3 aromatic heterocycles. The first kappa shape index (κ1) is 18.1. The first-order valence-corrected chi connectivity index (χ1v) is 8.96. The Morgan fingerprint density at radius 1 is 1.11 bits per heavy atom. The number of rotatable bonds is 2. The number of nitrogens with zero attached hydrogens (tertiary/aromatic N) is 4. The second-order valence-corrected chi connectivity index (χ2v) is 6.68. The smallest absolute Gasteiger partial charge is 0.322 e. The topological polar surface area (TPSA) is 100 Å². The van der Waals surface area contributed by atoms with Gasteiger partial charge in [-0.25, -0.2) is 9.78 Å². The van der Waals surface area contributed by atoms with E-state index in [-0.39, 0.29) is 17.4 Å². The normalized spacial score (nSPS) is 14.3. The van der Waals surface area contributed by atoms with Crippen LogP contribution in [0.1, 0.15) is 10.6 Å². The second kappa shape index (κ2) is 7.35. The fourth-order valence-electron chi connectivity index (χ4n) is 3.00. The molecule has 1 aliphatic rings. The maximum absolute atomic E-state index is 12.5. The van der Waals surface area contributed by atoms with Gasteiger partial charge < -0.3 is 19.5 Å². The predicted octanol–water partition coefficient (Wildman–Crippen LogP) is 1.93. The van der Waals surface area contributed by atoms with Crippen LogP contribution in [0, 0.1) is 0 Å². The van der Waals surface area contributed by atoms with Crippen LogP contribution in [-0.4, -0.2) is 57.3 Å². The summed E-state index contributed by atoms with van der Waals surface area (Å²) in [5.41, 5.74) is 0.0591. The molecule has 0 saturated carbocycles. The minimum atomic E-state index is -0.425. The highest BCUT2D eigenvalue weighted by Gasteiger charge is 2.26. The monoisotopic (exact) mass is 401 g/mol. The molecule has 3 amide bonds. The van der Waals surface area contributed by atoms with Gasteiger partial charge in [-0.15, -0.1) is 0 Å². The molecule has 9 nitrogen and oxygen atoms in total. The molecular formula is C18H16ClN5O4. The lowest BCUT2D eigenvalue weighted by molar-refractivity contribution is 0.0640. The summed E-state index contributed by atoms with van der Waals surface area (Å²) in [4.78, 5) is 44.6. The van der Waals surface area contributed by atoms with E-state index in [1.54, 1.807) is 29.2 Å². The van der Waals surface area contributed by atoms with E-state index >= 15 is 0 Å². The summed E-state index contributed by atoms with van der Waals surface area (Å²) in [5, 5.41) is 2.98. The zero-order valence-corrected chi connectivity index (χ0v) is 15.4. The quantitative estimate of drug-likeness (QED) is 0.707. The fraction of sp³-hybridized carbons (Fsp3) is 0.222. The number of aromatic nitrogens is 2. The highest BCUT2D eigenvalue weighted by Crippen LogP contribution is 2.12. The van der Waals surface area contributed by atoms with Crippen molar-refractivity contribution in [3.63, 3.8) is 0 Å². The van der Waals surface area contributed by atoms with Crippen molar-refractivity contribution < 1.29 is 14.0 Å². The minimum absolute atomic E-state index is 0.0545. The van der Waals surface area contributed by atoms with Gasteiger partial charge in [0.1, 0.15) is 11.3 Å². The van der Waals surface area contributed by atoms with Crippen LogP contribution >= 0.6 is 11.6 Å². The van der Waals surface area contributed by atoms with Gasteiger partial charge in [0.25, 0.3) is 11.5 Å². The second-order valence-electron chi connectivity index (χ2n) is 6.24. The number of hydrogen-bond donors (Lipinski definition) is 1. The van der Waals surface area contributed by atoms with Gasteiger partial charge >= 0.3 is 6.03 Å². The van der Waals surface area contributed by atoms with E-state index in [2.05, 4.69) is 10.3 Å². The van der Waals surface area contributed by atoms with Gasteiger partial charge in [-0.2, -0.15) is 0 Å². The molecule has 1 fully saturated rings. The van der Waals surface area contributed by atoms with Gasteiger partial charge in [-0.3, -0.25) is 14.0 Å². The van der Waals surface area contributed by atoms with Gasteiger partial charge in [0.05, 0.1) is 17.5 Å². The molecule has 28 heavy (non-hydrogen) atoms. The average Bonchev–Trinajstić information content (AvgIpc) is 3.25. The summed E-state index contributed by atoms with van der Waals surface area (Å²) in [6.07, 6.45) is 4.21. The Bertz CT molecular complexity index is 1090. The number of carbonyl (C=O) groups excluding carboxylic acids is 2. The number of amides is 3. The number of fused-ring (bicyclic) bond motifs is 1. The van der Waals surface area contributed by atoms with E-state index in [0.717, 1.165) is 0 Å². The van der Waals surface area contributed by atoms with Gasteiger partial charge in [0.2, 0.25) is 0 Å². The first-order chi connectivity index (χ1) is 13.5. The van der Waals surface area contributed by atoms with Crippen molar-refractivity contribution >= 4 is 34.9 Å². The molecule has 4 heterocycles. The van der Waals surface area contributed by atoms with E-state index in [1.165, 1.54) is 28.0 Å². The number of furan rings is 1. The Hall–Kier alpha value is -3.33. The molecule has 0 aromatic carbocycles. The van der Waals surface area contributed by atoms with E-state index in [4.69, 9.17) is 16.0 Å². The number of pyridine rings is 1. The van der Waals surface area contributed by atoms with Crippen molar-refractivity contribution in [2.24, 2.45) is 0 Å². The first-order valence-electron chi connectivity index (χ1n) is 8.58. The van der Waals surface area contributed by atoms with Crippen LogP contribution in [0.25, 0.3) is 5.65 Å². The fourth-order valence-corrected chi connectivity index (χ4v) is 3.16. The number of carbonyl (C=O) groups is 2. The number of urea groups is 1. The van der Waals surface area contributed by atoms with Gasteiger partial charge in [0, 0.05) is 32.4 Å². The zero-order chi connectivity index (χ0) is 19.7. The molecule has 0 bridgehead atoms. The summed E-state index contributed by atoms with van der Waals surface area (Å²) < 4.78 is 6.40. The van der Waals surface area contributed by atoms with E-state index < -0.39 is 11.6 Å². The van der Waals surface area contributed by atoms with Crippen molar-refractivity contribution in [1.29, 1.82) is 0 Å². The summed E-state index contributed by atoms with van der Waals surface area (Å²) in [6, 6.07) is 6.08. The summed E-state index contributed by atoms with van der Waals surface area (Å²) >= 11 is 5.92. The molecule has 4 rings (SSSR count). The number of anilines is 1. The van der Waals surface area contributed by atoms with Crippen molar-refractivity contribution in [3.8, 4) is 0 Å². The van der Waals surface area contributed by atoms with E-state index in [9.17, 15) is 14.4 Å². The van der Waals surface area contributed by atoms with Gasteiger partial charge in [-0.05, 0) is 24.3 Å². The van der Waals surface area contributed by atoms with Crippen LogP contribution in [0.15, 0.2) is 52.1 Å². The Balaban J connectivity index is 1.42. The standard InChI is InChI=1S/C18H16ClN5O4/c19-12-3-4-15-20-10-13(16(25)24(15)11-12)21-18(27)23-7-5-22(6-8-23)17(26)14-2-1-9-28-14/h1-4,9-11H,5-8H2,(H,21,27). The van der Waals surface area contributed by atoms with Crippen LogP contribution < -0.4 is 10.9 Å². The average molecular weight is 402 g/mol. The van der Waals surface area contributed by atoms with Crippen molar-refractivity contribution in [3.05, 3.63) is 64.1 Å². The Labute approximate surface area is 164 Å². The lowest BCUT2D eigenvalue weighted by Crippen LogP contribution is -2.51. The highest BCUT2D eigenvalue weighted by atomic mass is 35.5. The third-order valence-electron chi connectivity index (χ3n) is 4.49. The number of hydrogen-bond acceptors (Lipinski definition) is 5. The Kier molecular flexibility index (Phi) is 4.74. The van der Waals surface area contributed by atoms with E-state index in [0.29, 0.717) is 36.8 Å². The zero-order valence-electron chi connectivity index (χ0n) is 14.7. The largest absolute Gasteiger partial charge is 0.459 e. The van der Waals surface area contributed by atoms with Crippen LogP contribution in [0.2, 0.25) is 5.02 Å². The molecule has 10 heteroatoms. The molecule has 1 saturated heterocycles. The third-order valence-corrected chi connectivity index (χ3v) is 4.72. The van der Waals surface area contributed by atoms with Crippen molar-refractivity contribution in [2.75, 3.05) is 31.5 Å². The van der Waals surface area contributed by atoms with Crippen LogP contribution in [0.5, 0.6) is 0 Å². The van der Waals surface area contributed by atoms with Crippen molar-refractivity contribution in [1.82, 2.24) is 19.2 Å². The maximum atomic E-state index is 12.5. The van der Waals surface area contributed by atoms with Gasteiger partial charge in [-0.1, -0.05) is 11.6 Å². The molecule has 0 radical (unpaired) electrons. The summed E-state index contributed by atoms with van der Waals surface area (Å²) in [6.45, 7) is 1.42. The molecule has 0 unspecified atom stereocenters. The predicted molar refractivity (Wildman–Crippen MR) is 102 cm³/mol. The molecular weight excluding hydrogens is 386 g/mol. The van der Waals surface area contributed by atoms with Gasteiger partial charge in [0.15, 0.2) is 5.76 Å². The summed E-state index contributed by atoms with van der Waals surface area (Å²) in [7, 11) is 0. The Morgan fingerprint density at radius 2 is 1.86 bits per heavy atom. The molecule has 0 aliphatic carbocycles. The van der Waals surface area contributed by atoms with Crippen LogP contribution in [-0.2, 0) is 0 Å². The number of piperazine rings is 1. The minimum Gasteiger partial charge on any atom is -0.459 e. The Morgan fingerprint density at radius 3 is 2.57 bits per heavy atom. The SMILES string of the molecule is O=C(Nc1cnc2ccc(Cl)cn2c1=O)N1CCN(C(=O)c2ccco2)CC1. The molecule has 144 valence electrons. The molecule has 0 atom stereocenters. The van der Waals surface area contributed by atoms with Crippen LogP contribution in [0.4, 0.5) is 10.5 Å². The van der Waals surface area contributed by atoms with Crippen molar-refractivity contribution in [2.45, 2.75) is 0 Å². The lowest BCUT2D eigenvalue weighted by atomic mass is 10.3. The van der Waals surface area contributed by atoms with Crippen LogP contribution in [0.3, 0.4) is 0 Å². The molecule has 1 N–H and O–H groups in total. The van der Waals surface area contributed by atoms with E-state index in [1.807, 2.05) is 0 Å².